The molecule has 16 heavy (non-hydrogen) atoms. The van der Waals surface area contributed by atoms with Gasteiger partial charge in [0.1, 0.15) is 0 Å². The lowest BCUT2D eigenvalue weighted by molar-refractivity contribution is -0.0243. The van der Waals surface area contributed by atoms with Crippen LogP contribution in [-0.2, 0) is 0 Å². The van der Waals surface area contributed by atoms with E-state index in [1.165, 1.54) is 19.5 Å². The normalized spacial score (nSPS) is 29.6. The lowest BCUT2D eigenvalue weighted by atomic mass is 9.95. The van der Waals surface area contributed by atoms with Gasteiger partial charge in [0.2, 0.25) is 0 Å². The van der Waals surface area contributed by atoms with E-state index in [0.717, 1.165) is 6.54 Å². The molecule has 0 aromatic heterocycles. The van der Waals surface area contributed by atoms with Crippen molar-refractivity contribution in [1.82, 2.24) is 15.1 Å². The molecular weight excluding hydrogens is 198 g/mol. The molecule has 0 saturated carbocycles. The Morgan fingerprint density at radius 3 is 2.38 bits per heavy atom. The Hall–Kier alpha value is -0.120. The van der Waals surface area contributed by atoms with Gasteiger partial charge < -0.3 is 10.2 Å². The highest BCUT2D eigenvalue weighted by Gasteiger charge is 2.36. The summed E-state index contributed by atoms with van der Waals surface area (Å²) in [6, 6.07) is 1.34. The van der Waals surface area contributed by atoms with Gasteiger partial charge in [0, 0.05) is 30.7 Å². The molecule has 96 valence electrons. The van der Waals surface area contributed by atoms with Gasteiger partial charge in [-0.25, -0.2) is 0 Å². The fourth-order valence-electron chi connectivity index (χ4n) is 3.17. The van der Waals surface area contributed by atoms with Crippen LogP contribution >= 0.6 is 0 Å². The fraction of sp³-hybridized carbons (Fsp3) is 1.00. The molecule has 0 amide bonds. The van der Waals surface area contributed by atoms with Gasteiger partial charge in [-0.15, -0.1) is 0 Å². The Kier molecular flexibility index (Phi) is 4.77. The monoisotopic (exact) mass is 227 g/mol. The van der Waals surface area contributed by atoms with Gasteiger partial charge in [0.25, 0.3) is 0 Å². The molecule has 1 rings (SSSR count). The Balaban J connectivity index is 2.73. The molecule has 2 atom stereocenters. The quantitative estimate of drug-likeness (QED) is 0.786. The first-order valence-corrected chi connectivity index (χ1v) is 6.48. The molecule has 1 saturated heterocycles. The van der Waals surface area contributed by atoms with Gasteiger partial charge in [-0.05, 0) is 54.8 Å². The number of hydrogen-bond donors (Lipinski definition) is 1. The number of likely N-dealkylation sites (N-methyl/N-ethyl adjacent to an activating group) is 1. The number of nitrogens with zero attached hydrogens (tertiary/aromatic N) is 2. The highest BCUT2D eigenvalue weighted by molar-refractivity contribution is 4.93. The minimum atomic E-state index is 0.277. The molecule has 2 unspecified atom stereocenters. The van der Waals surface area contributed by atoms with Gasteiger partial charge in [-0.1, -0.05) is 0 Å². The van der Waals surface area contributed by atoms with Crippen LogP contribution in [0.25, 0.3) is 0 Å². The van der Waals surface area contributed by atoms with Gasteiger partial charge in [0.15, 0.2) is 0 Å². The predicted octanol–water partition coefficient (Wildman–Crippen LogP) is 1.40. The van der Waals surface area contributed by atoms with Crippen molar-refractivity contribution in [2.24, 2.45) is 0 Å². The third-order valence-electron chi connectivity index (χ3n) is 3.47. The van der Waals surface area contributed by atoms with Crippen LogP contribution in [-0.4, -0.2) is 61.2 Å². The molecule has 0 aromatic rings. The fourth-order valence-corrected chi connectivity index (χ4v) is 3.17. The van der Waals surface area contributed by atoms with E-state index in [9.17, 15) is 0 Å². The molecule has 0 bridgehead atoms. The lowest BCUT2D eigenvalue weighted by Crippen LogP contribution is -2.62. The topological polar surface area (TPSA) is 18.5 Å². The van der Waals surface area contributed by atoms with Gasteiger partial charge in [0.05, 0.1) is 0 Å². The van der Waals surface area contributed by atoms with Crippen molar-refractivity contribution in [3.63, 3.8) is 0 Å². The molecule has 3 nitrogen and oxygen atoms in total. The first kappa shape index (κ1) is 13.9. The summed E-state index contributed by atoms with van der Waals surface area (Å²) in [6.07, 6.45) is 1.24. The average Bonchev–Trinajstić information content (AvgIpc) is 2.10. The van der Waals surface area contributed by atoms with E-state index >= 15 is 0 Å². The molecular formula is C13H29N3. The van der Waals surface area contributed by atoms with E-state index in [-0.39, 0.29) is 5.54 Å². The van der Waals surface area contributed by atoms with Crippen molar-refractivity contribution >= 4 is 0 Å². The number of hydrogen-bond acceptors (Lipinski definition) is 3. The van der Waals surface area contributed by atoms with E-state index in [1.807, 2.05) is 7.05 Å². The molecule has 1 aliphatic rings. The Labute approximate surface area is 101 Å². The van der Waals surface area contributed by atoms with Crippen molar-refractivity contribution in [1.29, 1.82) is 0 Å². The summed E-state index contributed by atoms with van der Waals surface area (Å²) in [4.78, 5) is 5.16. The Morgan fingerprint density at radius 1 is 1.25 bits per heavy atom. The van der Waals surface area contributed by atoms with E-state index < -0.39 is 0 Å². The zero-order valence-corrected chi connectivity index (χ0v) is 11.9. The van der Waals surface area contributed by atoms with Crippen molar-refractivity contribution < 1.29 is 0 Å². The van der Waals surface area contributed by atoms with Crippen LogP contribution in [0.5, 0.6) is 0 Å². The molecule has 1 heterocycles. The van der Waals surface area contributed by atoms with E-state index in [2.05, 4.69) is 49.9 Å². The van der Waals surface area contributed by atoms with E-state index in [4.69, 9.17) is 0 Å². The zero-order valence-electron chi connectivity index (χ0n) is 11.9. The molecule has 3 heteroatoms. The van der Waals surface area contributed by atoms with E-state index in [1.54, 1.807) is 0 Å². The van der Waals surface area contributed by atoms with E-state index in [0.29, 0.717) is 12.1 Å². The Morgan fingerprint density at radius 2 is 1.88 bits per heavy atom. The Bertz CT molecular complexity index is 210. The van der Waals surface area contributed by atoms with Gasteiger partial charge in [-0.3, -0.25) is 4.90 Å². The van der Waals surface area contributed by atoms with Crippen LogP contribution in [0.3, 0.4) is 0 Å². The third-order valence-corrected chi connectivity index (χ3v) is 3.47. The summed E-state index contributed by atoms with van der Waals surface area (Å²) in [5, 5.41) is 3.27. The molecule has 0 radical (unpaired) electrons. The number of piperazine rings is 1. The van der Waals surface area contributed by atoms with Crippen LogP contribution in [0.2, 0.25) is 0 Å². The molecule has 1 N–H and O–H groups in total. The summed E-state index contributed by atoms with van der Waals surface area (Å²) in [5.41, 5.74) is 0.277. The second kappa shape index (κ2) is 5.48. The molecule has 0 aromatic carbocycles. The highest BCUT2D eigenvalue weighted by atomic mass is 15.3. The summed E-state index contributed by atoms with van der Waals surface area (Å²) in [6.45, 7) is 12.9. The molecule has 0 spiro atoms. The second-order valence-corrected chi connectivity index (χ2v) is 6.19. The SMILES string of the molecule is CNCCC1CN(C)CC(C)N1C(C)(C)C. The van der Waals surface area contributed by atoms with Crippen LogP contribution in [0.15, 0.2) is 0 Å². The van der Waals surface area contributed by atoms with Crippen LogP contribution in [0.4, 0.5) is 0 Å². The van der Waals surface area contributed by atoms with Crippen molar-refractivity contribution in [2.45, 2.75) is 51.7 Å². The van der Waals surface area contributed by atoms with Gasteiger partial charge >= 0.3 is 0 Å². The minimum absolute atomic E-state index is 0.277. The largest absolute Gasteiger partial charge is 0.320 e. The van der Waals surface area contributed by atoms with Crippen molar-refractivity contribution in [3.05, 3.63) is 0 Å². The molecule has 1 fully saturated rings. The first-order chi connectivity index (χ1) is 7.36. The molecule has 1 aliphatic heterocycles. The summed E-state index contributed by atoms with van der Waals surface area (Å²) in [7, 11) is 4.28. The predicted molar refractivity (Wildman–Crippen MR) is 70.9 cm³/mol. The van der Waals surface area contributed by atoms with Gasteiger partial charge in [-0.2, -0.15) is 0 Å². The zero-order chi connectivity index (χ0) is 12.3. The van der Waals surface area contributed by atoms with Crippen LogP contribution < -0.4 is 5.32 Å². The summed E-state index contributed by atoms with van der Waals surface area (Å²) < 4.78 is 0. The highest BCUT2D eigenvalue weighted by Crippen LogP contribution is 2.26. The second-order valence-electron chi connectivity index (χ2n) is 6.19. The number of rotatable bonds is 3. The van der Waals surface area contributed by atoms with Crippen LogP contribution in [0, 0.1) is 0 Å². The maximum absolute atomic E-state index is 3.27. The average molecular weight is 227 g/mol. The lowest BCUT2D eigenvalue weighted by Gasteiger charge is -2.51. The standard InChI is InChI=1S/C13H29N3/c1-11-9-15(6)10-12(7-8-14-5)16(11)13(2,3)4/h11-12,14H,7-10H2,1-6H3. The molecule has 0 aliphatic carbocycles. The summed E-state index contributed by atoms with van der Waals surface area (Å²) >= 11 is 0. The summed E-state index contributed by atoms with van der Waals surface area (Å²) in [5.74, 6) is 0. The van der Waals surface area contributed by atoms with Crippen LogP contribution in [0.1, 0.15) is 34.1 Å². The van der Waals surface area contributed by atoms with Crippen molar-refractivity contribution in [2.75, 3.05) is 33.7 Å². The maximum atomic E-state index is 3.27. The maximum Gasteiger partial charge on any atom is 0.0243 e. The third kappa shape index (κ3) is 3.44. The van der Waals surface area contributed by atoms with Crippen molar-refractivity contribution in [3.8, 4) is 0 Å². The minimum Gasteiger partial charge on any atom is -0.320 e. The number of nitrogens with one attached hydrogen (secondary N) is 1. The first-order valence-electron chi connectivity index (χ1n) is 6.48. The smallest absolute Gasteiger partial charge is 0.0243 e.